The van der Waals surface area contributed by atoms with Gasteiger partial charge >= 0.3 is 0 Å². The second-order valence-electron chi connectivity index (χ2n) is 14.7. The Hall–Kier alpha value is -7.11. The molecule has 5 nitrogen and oxygen atoms in total. The highest BCUT2D eigenvalue weighted by Crippen LogP contribution is 2.40. The number of para-hydroxylation sites is 1. The van der Waals surface area contributed by atoms with Crippen molar-refractivity contribution in [3.8, 4) is 51.0 Å². The summed E-state index contributed by atoms with van der Waals surface area (Å²) in [4.78, 5) is 14.8. The van der Waals surface area contributed by atoms with E-state index in [2.05, 4.69) is 124 Å². The number of hydrogen-bond donors (Lipinski definition) is 0. The molecule has 0 atom stereocenters. The van der Waals surface area contributed by atoms with Crippen molar-refractivity contribution >= 4 is 44.5 Å². The van der Waals surface area contributed by atoms with E-state index in [0.717, 1.165) is 48.1 Å². The Kier molecular flexibility index (Phi) is 7.69. The van der Waals surface area contributed by atoms with Crippen molar-refractivity contribution in [3.05, 3.63) is 181 Å². The number of nitrogens with zero attached hydrogens (tertiary/aromatic N) is 5. The lowest BCUT2D eigenvalue weighted by molar-refractivity contribution is 0.967. The average Bonchev–Trinajstić information content (AvgIpc) is 3.79. The van der Waals surface area contributed by atoms with Crippen molar-refractivity contribution in [2.45, 2.75) is 25.7 Å². The molecule has 0 spiro atoms. The molecule has 6 aromatic carbocycles. The Morgan fingerprint density at radius 2 is 0.982 bits per heavy atom. The number of aromatic nitrogens is 5. The number of aryl methyl sites for hydroxylation is 1. The molecular formula is C51H37N5. The fourth-order valence-corrected chi connectivity index (χ4v) is 8.63. The summed E-state index contributed by atoms with van der Waals surface area (Å²) < 4.78 is 4.87. The van der Waals surface area contributed by atoms with Crippen molar-refractivity contribution in [2.75, 3.05) is 0 Å². The fourth-order valence-electron chi connectivity index (χ4n) is 8.63. The molecule has 0 amide bonds. The molecule has 0 saturated heterocycles. The predicted molar refractivity (Wildman–Crippen MR) is 231 cm³/mol. The zero-order chi connectivity index (χ0) is 37.0. The van der Waals surface area contributed by atoms with Gasteiger partial charge in [-0.3, -0.25) is 0 Å². The smallest absolute Gasteiger partial charge is 0.164 e. The minimum atomic E-state index is 0.653. The number of hydrogen-bond acceptors (Lipinski definition) is 3. The molecule has 0 radical (unpaired) electrons. The second kappa shape index (κ2) is 13.3. The lowest BCUT2D eigenvalue weighted by atomic mass is 9.97. The maximum absolute atomic E-state index is 4.96. The minimum absolute atomic E-state index is 0.653. The molecule has 2 aliphatic carbocycles. The second-order valence-corrected chi connectivity index (χ2v) is 14.7. The molecule has 0 fully saturated rings. The van der Waals surface area contributed by atoms with E-state index in [1.807, 2.05) is 60.7 Å². The molecule has 11 rings (SSSR count). The van der Waals surface area contributed by atoms with Crippen molar-refractivity contribution in [1.82, 2.24) is 24.1 Å². The number of rotatable bonds is 6. The van der Waals surface area contributed by atoms with Crippen LogP contribution in [0.5, 0.6) is 0 Å². The van der Waals surface area contributed by atoms with Gasteiger partial charge in [-0.25, -0.2) is 15.0 Å². The molecular weight excluding hydrogens is 683 g/mol. The molecule has 56 heavy (non-hydrogen) atoms. The van der Waals surface area contributed by atoms with Crippen LogP contribution in [-0.2, 0) is 6.42 Å². The van der Waals surface area contributed by atoms with Crippen LogP contribution < -0.4 is 0 Å². The van der Waals surface area contributed by atoms with E-state index in [9.17, 15) is 0 Å². The normalized spacial score (nSPS) is 13.8. The van der Waals surface area contributed by atoms with Crippen molar-refractivity contribution in [1.29, 1.82) is 0 Å². The predicted octanol–water partition coefficient (Wildman–Crippen LogP) is 12.7. The summed E-state index contributed by atoms with van der Waals surface area (Å²) in [6.45, 7) is 0. The molecule has 0 bridgehead atoms. The van der Waals surface area contributed by atoms with Crippen molar-refractivity contribution < 1.29 is 0 Å². The Labute approximate surface area is 325 Å². The van der Waals surface area contributed by atoms with E-state index < -0.39 is 0 Å². The highest BCUT2D eigenvalue weighted by atomic mass is 15.0. The monoisotopic (exact) mass is 719 g/mol. The van der Waals surface area contributed by atoms with Crippen LogP contribution in [0.1, 0.15) is 30.5 Å². The van der Waals surface area contributed by atoms with Gasteiger partial charge in [0.25, 0.3) is 0 Å². The van der Waals surface area contributed by atoms with Crippen LogP contribution in [0.3, 0.4) is 0 Å². The first-order chi connectivity index (χ1) is 27.8. The van der Waals surface area contributed by atoms with E-state index in [1.165, 1.54) is 60.8 Å². The highest BCUT2D eigenvalue weighted by Gasteiger charge is 2.21. The summed E-state index contributed by atoms with van der Waals surface area (Å²) in [5.41, 5.74) is 14.2. The molecule has 9 aromatic rings. The Morgan fingerprint density at radius 1 is 0.429 bits per heavy atom. The van der Waals surface area contributed by atoms with Crippen LogP contribution in [-0.4, -0.2) is 24.1 Å². The van der Waals surface area contributed by atoms with E-state index in [1.54, 1.807) is 0 Å². The lowest BCUT2D eigenvalue weighted by Gasteiger charge is -2.14. The van der Waals surface area contributed by atoms with Gasteiger partial charge in [-0.2, -0.15) is 0 Å². The molecule has 2 aliphatic rings. The number of benzene rings is 6. The van der Waals surface area contributed by atoms with Crippen LogP contribution >= 0.6 is 0 Å². The first kappa shape index (κ1) is 32.3. The molecule has 0 aliphatic heterocycles. The molecule has 0 N–H and O–H groups in total. The zero-order valence-corrected chi connectivity index (χ0v) is 30.8. The molecule has 3 aromatic heterocycles. The Balaban J connectivity index is 0.997. The molecule has 0 unspecified atom stereocenters. The standard InChI is InChI=1S/C51H37N5/c1-4-14-34(15-5-1)49-52-50(35-16-6-2-7-17-35)54-51(53-49)36-24-28-40(29-25-36)56-46-23-13-11-21-42(46)44-33-38(27-31-48(44)56)37-26-30-47-43(32-37)41-20-10-12-22-45(41)55(47)39-18-8-3-9-19-39/h1-8,10,12-18,20,22-33H,9,11,19,21H2. The average molecular weight is 720 g/mol. The summed E-state index contributed by atoms with van der Waals surface area (Å²) >= 11 is 0. The molecule has 3 heterocycles. The van der Waals surface area contributed by atoms with Crippen molar-refractivity contribution in [2.24, 2.45) is 0 Å². The van der Waals surface area contributed by atoms with Gasteiger partial charge in [-0.15, -0.1) is 0 Å². The van der Waals surface area contributed by atoms with Gasteiger partial charge in [0, 0.05) is 49.9 Å². The highest BCUT2D eigenvalue weighted by molar-refractivity contribution is 6.11. The maximum atomic E-state index is 4.96. The lowest BCUT2D eigenvalue weighted by Crippen LogP contribution is -2.01. The summed E-state index contributed by atoms with van der Waals surface area (Å²) in [6.07, 6.45) is 15.5. The maximum Gasteiger partial charge on any atom is 0.164 e. The number of allylic oxidation sites excluding steroid dienone is 5. The van der Waals surface area contributed by atoms with Gasteiger partial charge in [0.2, 0.25) is 0 Å². The van der Waals surface area contributed by atoms with Gasteiger partial charge in [0.15, 0.2) is 17.5 Å². The SMILES string of the molecule is C1=CCCC(n2c3ccccc3c3cc(-c4ccc5c(c4)c4c(n5-c5ccc(-c6nc(-c7ccccc7)nc(-c7ccccc7)n6)cc5)C=CCC4)ccc32)=C1. The Morgan fingerprint density at radius 3 is 1.64 bits per heavy atom. The van der Waals surface area contributed by atoms with E-state index in [0.29, 0.717) is 17.5 Å². The van der Waals surface area contributed by atoms with Crippen LogP contribution in [0.4, 0.5) is 0 Å². The fraction of sp³-hybridized carbons (Fsp3) is 0.0784. The summed E-state index contributed by atoms with van der Waals surface area (Å²) in [5, 5.41) is 3.90. The van der Waals surface area contributed by atoms with Gasteiger partial charge in [0.1, 0.15) is 0 Å². The largest absolute Gasteiger partial charge is 0.313 e. The summed E-state index contributed by atoms with van der Waals surface area (Å²) in [5.74, 6) is 1.98. The van der Waals surface area contributed by atoms with Crippen molar-refractivity contribution in [3.63, 3.8) is 0 Å². The van der Waals surface area contributed by atoms with E-state index >= 15 is 0 Å². The minimum Gasteiger partial charge on any atom is -0.313 e. The molecule has 0 saturated carbocycles. The van der Waals surface area contributed by atoms with Crippen LogP contribution in [0.15, 0.2) is 170 Å². The van der Waals surface area contributed by atoms with E-state index in [4.69, 9.17) is 15.0 Å². The quantitative estimate of drug-likeness (QED) is 0.172. The topological polar surface area (TPSA) is 48.5 Å². The third-order valence-electron chi connectivity index (χ3n) is 11.3. The number of fused-ring (bicyclic) bond motifs is 6. The van der Waals surface area contributed by atoms with E-state index in [-0.39, 0.29) is 0 Å². The first-order valence-corrected chi connectivity index (χ1v) is 19.5. The molecule has 5 heteroatoms. The first-order valence-electron chi connectivity index (χ1n) is 19.5. The van der Waals surface area contributed by atoms with Gasteiger partial charge < -0.3 is 9.13 Å². The van der Waals surface area contributed by atoms with Crippen LogP contribution in [0.2, 0.25) is 0 Å². The third kappa shape index (κ3) is 5.43. The third-order valence-corrected chi connectivity index (χ3v) is 11.3. The van der Waals surface area contributed by atoms with Gasteiger partial charge in [-0.1, -0.05) is 109 Å². The van der Waals surface area contributed by atoms with Crippen LogP contribution in [0, 0.1) is 0 Å². The summed E-state index contributed by atoms with van der Waals surface area (Å²) in [7, 11) is 0. The Bertz CT molecular complexity index is 3000. The zero-order valence-electron chi connectivity index (χ0n) is 30.8. The molecule has 266 valence electrons. The van der Waals surface area contributed by atoms with Gasteiger partial charge in [-0.05, 0) is 109 Å². The van der Waals surface area contributed by atoms with Gasteiger partial charge in [0.05, 0.1) is 16.6 Å². The van der Waals surface area contributed by atoms with Crippen LogP contribution in [0.25, 0.3) is 95.5 Å². The summed E-state index contributed by atoms with van der Waals surface area (Å²) in [6, 6.07) is 51.8.